The van der Waals surface area contributed by atoms with Crippen LogP contribution < -0.4 is 9.47 Å². The normalized spacial score (nSPS) is 10.7. The third-order valence-corrected chi connectivity index (χ3v) is 4.10. The highest BCUT2D eigenvalue weighted by Crippen LogP contribution is 2.40. The summed E-state index contributed by atoms with van der Waals surface area (Å²) in [7, 11) is 1.55. The number of carbonyl (C=O) groups excluding carboxylic acids is 1. The second-order valence-corrected chi connectivity index (χ2v) is 5.53. The fourth-order valence-electron chi connectivity index (χ4n) is 2.72. The number of amides is 1. The van der Waals surface area contributed by atoms with Crippen molar-refractivity contribution in [2.24, 2.45) is 0 Å². The lowest BCUT2D eigenvalue weighted by molar-refractivity contribution is 0.156. The first kappa shape index (κ1) is 16.9. The van der Waals surface area contributed by atoms with Gasteiger partial charge in [-0.05, 0) is 38.1 Å². The standard InChI is InChI=1S/C20H21NO4/c1-4-21(5-2)20(22)25-19-15(10-8-12-17(19)23-3)18-13-14-9-6-7-11-16(14)24-18/h6-13H,4-5H2,1-3H3. The van der Waals surface area contributed by atoms with E-state index in [1.807, 2.05) is 56.3 Å². The molecule has 5 nitrogen and oxygen atoms in total. The predicted molar refractivity (Wildman–Crippen MR) is 97.1 cm³/mol. The first-order valence-electron chi connectivity index (χ1n) is 8.30. The first-order valence-corrected chi connectivity index (χ1v) is 8.30. The van der Waals surface area contributed by atoms with Crippen LogP contribution in [0.25, 0.3) is 22.3 Å². The Morgan fingerprint density at radius 3 is 2.52 bits per heavy atom. The van der Waals surface area contributed by atoms with Crippen molar-refractivity contribution in [1.29, 1.82) is 0 Å². The molecule has 0 aliphatic rings. The average Bonchev–Trinajstić information content (AvgIpc) is 3.06. The number of para-hydroxylation sites is 2. The summed E-state index contributed by atoms with van der Waals surface area (Å²) in [6.45, 7) is 4.97. The molecule has 2 aromatic carbocycles. The summed E-state index contributed by atoms with van der Waals surface area (Å²) in [5, 5.41) is 0.987. The Balaban J connectivity index is 2.06. The van der Waals surface area contributed by atoms with Gasteiger partial charge in [-0.1, -0.05) is 24.3 Å². The van der Waals surface area contributed by atoms with Crippen molar-refractivity contribution < 1.29 is 18.7 Å². The topological polar surface area (TPSA) is 51.9 Å². The van der Waals surface area contributed by atoms with Gasteiger partial charge in [0.05, 0.1) is 12.7 Å². The minimum atomic E-state index is -0.410. The number of ether oxygens (including phenoxy) is 2. The van der Waals surface area contributed by atoms with Gasteiger partial charge in [0.2, 0.25) is 0 Å². The maximum absolute atomic E-state index is 12.4. The molecule has 0 fully saturated rings. The van der Waals surface area contributed by atoms with Crippen LogP contribution in [0, 0.1) is 0 Å². The van der Waals surface area contributed by atoms with Gasteiger partial charge in [-0.15, -0.1) is 0 Å². The minimum absolute atomic E-state index is 0.362. The van der Waals surface area contributed by atoms with Crippen molar-refractivity contribution in [3.05, 3.63) is 48.5 Å². The molecule has 0 bridgehead atoms. The molecule has 0 unspecified atom stereocenters. The molecule has 0 aliphatic carbocycles. The predicted octanol–water partition coefficient (Wildman–Crippen LogP) is 4.95. The smallest absolute Gasteiger partial charge is 0.415 e. The van der Waals surface area contributed by atoms with E-state index in [0.29, 0.717) is 35.9 Å². The Kier molecular flexibility index (Phi) is 4.93. The summed E-state index contributed by atoms with van der Waals surface area (Å²) in [6, 6.07) is 15.1. The maximum Gasteiger partial charge on any atom is 0.415 e. The Morgan fingerprint density at radius 2 is 1.84 bits per heavy atom. The second-order valence-electron chi connectivity index (χ2n) is 5.53. The van der Waals surface area contributed by atoms with Crippen LogP contribution in [0.15, 0.2) is 52.9 Å². The molecular weight excluding hydrogens is 318 g/mol. The number of fused-ring (bicyclic) bond motifs is 1. The number of furan rings is 1. The number of benzene rings is 2. The molecule has 0 atom stereocenters. The van der Waals surface area contributed by atoms with E-state index >= 15 is 0 Å². The van der Waals surface area contributed by atoms with E-state index in [1.54, 1.807) is 18.1 Å². The number of rotatable bonds is 5. The van der Waals surface area contributed by atoms with Gasteiger partial charge in [-0.2, -0.15) is 0 Å². The monoisotopic (exact) mass is 339 g/mol. The van der Waals surface area contributed by atoms with Crippen LogP contribution in [0.3, 0.4) is 0 Å². The van der Waals surface area contributed by atoms with Gasteiger partial charge in [0.25, 0.3) is 0 Å². The highest BCUT2D eigenvalue weighted by molar-refractivity contribution is 5.86. The van der Waals surface area contributed by atoms with Gasteiger partial charge < -0.3 is 18.8 Å². The van der Waals surface area contributed by atoms with Crippen LogP contribution in [0.1, 0.15) is 13.8 Å². The van der Waals surface area contributed by atoms with Crippen LogP contribution >= 0.6 is 0 Å². The van der Waals surface area contributed by atoms with Crippen LogP contribution in [0.2, 0.25) is 0 Å². The van der Waals surface area contributed by atoms with Gasteiger partial charge in [0.1, 0.15) is 11.3 Å². The summed E-state index contributed by atoms with van der Waals surface area (Å²) in [6.07, 6.45) is -0.410. The Morgan fingerprint density at radius 1 is 1.08 bits per heavy atom. The highest BCUT2D eigenvalue weighted by atomic mass is 16.6. The zero-order valence-corrected chi connectivity index (χ0v) is 14.6. The van der Waals surface area contributed by atoms with Crippen molar-refractivity contribution >= 4 is 17.1 Å². The molecule has 0 aliphatic heterocycles. The zero-order chi connectivity index (χ0) is 17.8. The van der Waals surface area contributed by atoms with Crippen molar-refractivity contribution in [2.75, 3.05) is 20.2 Å². The van der Waals surface area contributed by atoms with E-state index in [-0.39, 0.29) is 0 Å². The molecule has 0 spiro atoms. The summed E-state index contributed by atoms with van der Waals surface area (Å²) in [5.74, 6) is 1.47. The number of carbonyl (C=O) groups is 1. The Labute approximate surface area is 146 Å². The lowest BCUT2D eigenvalue weighted by Gasteiger charge is -2.20. The molecule has 1 heterocycles. The Hall–Kier alpha value is -2.95. The van der Waals surface area contributed by atoms with Gasteiger partial charge in [-0.25, -0.2) is 4.79 Å². The average molecular weight is 339 g/mol. The van der Waals surface area contributed by atoms with Crippen LogP contribution in [-0.2, 0) is 0 Å². The fraction of sp³-hybridized carbons (Fsp3) is 0.250. The third-order valence-electron chi connectivity index (χ3n) is 4.10. The molecule has 0 saturated carbocycles. The molecule has 0 saturated heterocycles. The van der Waals surface area contributed by atoms with Gasteiger partial charge in [0, 0.05) is 18.5 Å². The summed E-state index contributed by atoms with van der Waals surface area (Å²) < 4.78 is 17.0. The van der Waals surface area contributed by atoms with Gasteiger partial charge >= 0.3 is 6.09 Å². The molecule has 3 aromatic rings. The molecule has 3 rings (SSSR count). The summed E-state index contributed by atoms with van der Waals surface area (Å²) in [5.41, 5.74) is 1.46. The molecular formula is C20H21NO4. The second kappa shape index (κ2) is 7.30. The van der Waals surface area contributed by atoms with E-state index in [1.165, 1.54) is 0 Å². The quantitative estimate of drug-likeness (QED) is 0.660. The number of hydrogen-bond acceptors (Lipinski definition) is 4. The molecule has 130 valence electrons. The molecule has 1 amide bonds. The van der Waals surface area contributed by atoms with Gasteiger partial charge in [-0.3, -0.25) is 0 Å². The molecule has 0 N–H and O–H groups in total. The van der Waals surface area contributed by atoms with Crippen LogP contribution in [0.5, 0.6) is 11.5 Å². The maximum atomic E-state index is 12.4. The molecule has 5 heteroatoms. The van der Waals surface area contributed by atoms with E-state index in [2.05, 4.69) is 0 Å². The molecule has 0 radical (unpaired) electrons. The van der Waals surface area contributed by atoms with Crippen molar-refractivity contribution in [3.63, 3.8) is 0 Å². The minimum Gasteiger partial charge on any atom is -0.493 e. The largest absolute Gasteiger partial charge is 0.493 e. The number of methoxy groups -OCH3 is 1. The summed E-state index contributed by atoms with van der Waals surface area (Å²) >= 11 is 0. The van der Waals surface area contributed by atoms with E-state index in [4.69, 9.17) is 13.9 Å². The summed E-state index contributed by atoms with van der Waals surface area (Å²) in [4.78, 5) is 14.0. The van der Waals surface area contributed by atoms with E-state index in [0.717, 1.165) is 11.0 Å². The van der Waals surface area contributed by atoms with Crippen molar-refractivity contribution in [2.45, 2.75) is 13.8 Å². The molecule has 25 heavy (non-hydrogen) atoms. The van der Waals surface area contributed by atoms with Crippen molar-refractivity contribution in [1.82, 2.24) is 4.90 Å². The van der Waals surface area contributed by atoms with E-state index < -0.39 is 6.09 Å². The molecule has 1 aromatic heterocycles. The lowest BCUT2D eigenvalue weighted by Crippen LogP contribution is -2.33. The highest BCUT2D eigenvalue weighted by Gasteiger charge is 2.21. The van der Waals surface area contributed by atoms with Crippen LogP contribution in [0.4, 0.5) is 4.79 Å². The number of nitrogens with zero attached hydrogens (tertiary/aromatic N) is 1. The van der Waals surface area contributed by atoms with Crippen LogP contribution in [-0.4, -0.2) is 31.2 Å². The zero-order valence-electron chi connectivity index (χ0n) is 14.6. The third kappa shape index (κ3) is 3.31. The van der Waals surface area contributed by atoms with Crippen molar-refractivity contribution in [3.8, 4) is 22.8 Å². The Bertz CT molecular complexity index is 847. The van der Waals surface area contributed by atoms with Gasteiger partial charge in [0.15, 0.2) is 11.5 Å². The lowest BCUT2D eigenvalue weighted by atomic mass is 10.1. The fourth-order valence-corrected chi connectivity index (χ4v) is 2.72. The SMILES string of the molecule is CCN(CC)C(=O)Oc1c(OC)cccc1-c1cc2ccccc2o1. The number of hydrogen-bond donors (Lipinski definition) is 0. The van der Waals surface area contributed by atoms with E-state index in [9.17, 15) is 4.79 Å². The first-order chi connectivity index (χ1) is 12.2.